The quantitative estimate of drug-likeness (QED) is 0.177. The molecule has 0 amide bonds. The molecule has 1 unspecified atom stereocenters. The summed E-state index contributed by atoms with van der Waals surface area (Å²) in [6, 6.07) is 1.50. The van der Waals surface area contributed by atoms with Gasteiger partial charge < -0.3 is 0 Å². The van der Waals surface area contributed by atoms with E-state index in [4.69, 9.17) is 0 Å². The summed E-state index contributed by atoms with van der Waals surface area (Å²) in [6.45, 7) is 9.94. The number of unbranched alkanes of at least 4 members (excludes halogenated alkanes) is 7. The minimum absolute atomic E-state index is 0.879. The molecule has 0 heterocycles. The number of rotatable bonds is 13. The fourth-order valence-corrected chi connectivity index (χ4v) is 6.25. The molecule has 142 valence electrons. The molecular weight excluding hydrogens is 304 g/mol. The third-order valence-electron chi connectivity index (χ3n) is 5.62. The van der Waals surface area contributed by atoms with Crippen LogP contribution in [0, 0.1) is 11.8 Å². The minimum Gasteiger partial charge on any atom is -0.0883 e. The summed E-state index contributed by atoms with van der Waals surface area (Å²) >= 11 is 0. The average Bonchev–Trinajstić information content (AvgIpc) is 2.52. The molecule has 1 aliphatic carbocycles. The lowest BCUT2D eigenvalue weighted by molar-refractivity contribution is 0.314. The zero-order chi connectivity index (χ0) is 17.7. The molecule has 1 saturated carbocycles. The van der Waals surface area contributed by atoms with Crippen LogP contribution in [0.25, 0.3) is 0 Å². The highest BCUT2D eigenvalue weighted by atomic mass is 28.3. The van der Waals surface area contributed by atoms with Crippen molar-refractivity contribution in [2.45, 2.75) is 123 Å². The third kappa shape index (κ3) is 12.3. The summed E-state index contributed by atoms with van der Waals surface area (Å²) in [7, 11) is -0.950. The van der Waals surface area contributed by atoms with Crippen LogP contribution in [0.5, 0.6) is 0 Å². The van der Waals surface area contributed by atoms with E-state index in [1.54, 1.807) is 0 Å². The van der Waals surface area contributed by atoms with E-state index in [1.807, 2.05) is 0 Å². The molecule has 1 heteroatoms. The summed E-state index contributed by atoms with van der Waals surface area (Å²) in [4.78, 5) is 0. The van der Waals surface area contributed by atoms with Crippen LogP contribution in [-0.4, -0.2) is 8.07 Å². The lowest BCUT2D eigenvalue weighted by Crippen LogP contribution is -2.24. The fourth-order valence-electron chi connectivity index (χ4n) is 4.38. The van der Waals surface area contributed by atoms with E-state index in [0.717, 1.165) is 11.8 Å². The molecule has 1 fully saturated rings. The fraction of sp³-hybridized carbons (Fsp3) is 0.913. The Bertz CT molecular complexity index is 306. The van der Waals surface area contributed by atoms with Crippen LogP contribution in [0.15, 0.2) is 12.2 Å². The van der Waals surface area contributed by atoms with Crippen molar-refractivity contribution in [2.75, 3.05) is 0 Å². The van der Waals surface area contributed by atoms with Crippen LogP contribution in [0.4, 0.5) is 0 Å². The summed E-state index contributed by atoms with van der Waals surface area (Å²) in [5, 5.41) is 0. The zero-order valence-electron chi connectivity index (χ0n) is 17.4. The lowest BCUT2D eigenvalue weighted by atomic mass is 9.83. The van der Waals surface area contributed by atoms with Gasteiger partial charge in [0.15, 0.2) is 0 Å². The van der Waals surface area contributed by atoms with E-state index in [-0.39, 0.29) is 0 Å². The van der Waals surface area contributed by atoms with E-state index in [2.05, 4.69) is 38.7 Å². The lowest BCUT2D eigenvalue weighted by Gasteiger charge is -2.28. The van der Waals surface area contributed by atoms with Gasteiger partial charge >= 0.3 is 0 Å². The van der Waals surface area contributed by atoms with Gasteiger partial charge in [-0.15, -0.1) is 0 Å². The Morgan fingerprint density at radius 2 is 1.50 bits per heavy atom. The third-order valence-corrected chi connectivity index (χ3v) is 7.37. The molecule has 0 saturated heterocycles. The molecular formula is C23H46Si. The molecule has 0 aromatic heterocycles. The highest BCUT2D eigenvalue weighted by Gasteiger charge is 2.22. The molecule has 0 radical (unpaired) electrons. The van der Waals surface area contributed by atoms with Crippen LogP contribution < -0.4 is 0 Å². The Kier molecular flexibility index (Phi) is 12.1. The summed E-state index contributed by atoms with van der Waals surface area (Å²) in [5.41, 5.74) is 0. The number of hydrogen-bond acceptors (Lipinski definition) is 0. The van der Waals surface area contributed by atoms with Gasteiger partial charge in [0.25, 0.3) is 0 Å². The standard InChI is InChI=1S/C23H46Si/c1-5-6-7-8-9-10-11-12-14-19-23(21-24(2,3)4)20-22-17-15-13-16-18-22/h14,19,22-23H,5-13,15-18,20-21H2,1-4H3/b19-14-. The normalized spacial score (nSPS) is 18.3. The van der Waals surface area contributed by atoms with Gasteiger partial charge in [0.1, 0.15) is 0 Å². The Hall–Kier alpha value is -0.0431. The van der Waals surface area contributed by atoms with E-state index in [1.165, 1.54) is 95.9 Å². The second kappa shape index (κ2) is 13.2. The van der Waals surface area contributed by atoms with E-state index < -0.39 is 8.07 Å². The van der Waals surface area contributed by atoms with E-state index >= 15 is 0 Å². The monoisotopic (exact) mass is 350 g/mol. The SMILES string of the molecule is CCCCCCCCC/C=C\C(CC1CCCCC1)C[Si](C)(C)C. The van der Waals surface area contributed by atoms with E-state index in [9.17, 15) is 0 Å². The van der Waals surface area contributed by atoms with Gasteiger partial charge in [0.05, 0.1) is 0 Å². The van der Waals surface area contributed by atoms with Gasteiger partial charge in [-0.3, -0.25) is 0 Å². The van der Waals surface area contributed by atoms with Crippen molar-refractivity contribution in [3.05, 3.63) is 12.2 Å². The van der Waals surface area contributed by atoms with Crippen LogP contribution in [0.2, 0.25) is 25.7 Å². The van der Waals surface area contributed by atoms with Gasteiger partial charge in [-0.2, -0.15) is 0 Å². The van der Waals surface area contributed by atoms with Crippen molar-refractivity contribution < 1.29 is 0 Å². The van der Waals surface area contributed by atoms with Crippen molar-refractivity contribution in [3.63, 3.8) is 0 Å². The maximum atomic E-state index is 2.63. The molecule has 0 aromatic carbocycles. The van der Waals surface area contributed by atoms with Gasteiger partial charge in [-0.1, -0.05) is 115 Å². The molecule has 0 aliphatic heterocycles. The van der Waals surface area contributed by atoms with Gasteiger partial charge in [-0.25, -0.2) is 0 Å². The second-order valence-electron chi connectivity index (χ2n) is 9.60. The Labute approximate surface area is 154 Å². The molecule has 0 spiro atoms. The zero-order valence-corrected chi connectivity index (χ0v) is 18.4. The van der Waals surface area contributed by atoms with Crippen molar-refractivity contribution >= 4 is 8.07 Å². The van der Waals surface area contributed by atoms with Crippen molar-refractivity contribution in [2.24, 2.45) is 11.8 Å². The van der Waals surface area contributed by atoms with Gasteiger partial charge in [-0.05, 0) is 31.1 Å². The van der Waals surface area contributed by atoms with Gasteiger partial charge in [0, 0.05) is 8.07 Å². The predicted molar refractivity (Wildman–Crippen MR) is 115 cm³/mol. The molecule has 0 aromatic rings. The van der Waals surface area contributed by atoms with Crippen molar-refractivity contribution in [1.82, 2.24) is 0 Å². The molecule has 1 atom stereocenters. The van der Waals surface area contributed by atoms with Crippen molar-refractivity contribution in [1.29, 1.82) is 0 Å². The molecule has 1 rings (SSSR count). The molecule has 1 aliphatic rings. The van der Waals surface area contributed by atoms with Crippen LogP contribution in [0.1, 0.15) is 96.8 Å². The number of hydrogen-bond donors (Lipinski definition) is 0. The van der Waals surface area contributed by atoms with Crippen LogP contribution >= 0.6 is 0 Å². The maximum Gasteiger partial charge on any atom is 0.0448 e. The molecule has 0 N–H and O–H groups in total. The first-order valence-electron chi connectivity index (χ1n) is 11.2. The smallest absolute Gasteiger partial charge is 0.0448 e. The summed E-state index contributed by atoms with van der Waals surface area (Å²) in [5.74, 6) is 1.91. The minimum atomic E-state index is -0.950. The number of allylic oxidation sites excluding steroid dienone is 2. The molecule has 0 bridgehead atoms. The maximum absolute atomic E-state index is 2.63. The highest BCUT2D eigenvalue weighted by Crippen LogP contribution is 2.33. The predicted octanol–water partition coefficient (Wildman–Crippen LogP) is 8.61. The Morgan fingerprint density at radius 1 is 0.875 bits per heavy atom. The highest BCUT2D eigenvalue weighted by molar-refractivity contribution is 6.76. The largest absolute Gasteiger partial charge is 0.0883 e. The van der Waals surface area contributed by atoms with E-state index in [0.29, 0.717) is 0 Å². The van der Waals surface area contributed by atoms with Gasteiger partial charge in [0.2, 0.25) is 0 Å². The average molecular weight is 351 g/mol. The first kappa shape index (κ1) is 22.0. The topological polar surface area (TPSA) is 0 Å². The molecule has 0 nitrogen and oxygen atoms in total. The first-order valence-corrected chi connectivity index (χ1v) is 14.9. The van der Waals surface area contributed by atoms with Crippen LogP contribution in [0.3, 0.4) is 0 Å². The summed E-state index contributed by atoms with van der Waals surface area (Å²) in [6.07, 6.45) is 25.5. The molecule has 24 heavy (non-hydrogen) atoms. The van der Waals surface area contributed by atoms with Crippen molar-refractivity contribution in [3.8, 4) is 0 Å². The second-order valence-corrected chi connectivity index (χ2v) is 15.1. The van der Waals surface area contributed by atoms with Crippen LogP contribution in [-0.2, 0) is 0 Å². The first-order chi connectivity index (χ1) is 11.5. The summed E-state index contributed by atoms with van der Waals surface area (Å²) < 4.78 is 0. The Morgan fingerprint density at radius 3 is 2.12 bits per heavy atom. The Balaban J connectivity index is 2.24.